The van der Waals surface area contributed by atoms with Gasteiger partial charge in [-0.3, -0.25) is 9.59 Å². The minimum Gasteiger partial charge on any atom is -0.497 e. The van der Waals surface area contributed by atoms with Crippen LogP contribution in [0.3, 0.4) is 0 Å². The van der Waals surface area contributed by atoms with Gasteiger partial charge in [0.05, 0.1) is 24.1 Å². The zero-order valence-electron chi connectivity index (χ0n) is 16.4. The minimum atomic E-state index is -0.604. The Morgan fingerprint density at radius 1 is 1.14 bits per heavy atom. The molecule has 0 radical (unpaired) electrons. The molecule has 0 N–H and O–H groups in total. The fourth-order valence-electron chi connectivity index (χ4n) is 3.66. The number of halogens is 1. The van der Waals surface area contributed by atoms with Crippen LogP contribution in [0.15, 0.2) is 51.7 Å². The quantitative estimate of drug-likeness (QED) is 0.663. The molecule has 2 heterocycles. The maximum Gasteiger partial charge on any atom is 0.290 e. The molecule has 0 spiro atoms. The summed E-state index contributed by atoms with van der Waals surface area (Å²) in [4.78, 5) is 30.0. The Kier molecular flexibility index (Phi) is 4.84. The number of carbonyl (C=O) groups excluding carboxylic acids is 1. The van der Waals surface area contributed by atoms with Gasteiger partial charge in [0, 0.05) is 13.1 Å². The van der Waals surface area contributed by atoms with E-state index in [2.05, 4.69) is 0 Å². The molecule has 3 aromatic rings. The summed E-state index contributed by atoms with van der Waals surface area (Å²) in [5.41, 5.74) is 0.824. The van der Waals surface area contributed by atoms with Crippen LogP contribution in [-0.2, 0) is 0 Å². The highest BCUT2D eigenvalue weighted by Gasteiger charge is 2.42. The number of methoxy groups -OCH3 is 1. The molecule has 150 valence electrons. The molecule has 1 atom stereocenters. The lowest BCUT2D eigenvalue weighted by Gasteiger charge is -2.26. The van der Waals surface area contributed by atoms with Gasteiger partial charge in [-0.05, 0) is 50.0 Å². The van der Waals surface area contributed by atoms with Gasteiger partial charge in [0.25, 0.3) is 5.91 Å². The summed E-state index contributed by atoms with van der Waals surface area (Å²) in [5, 5.41) is 0.129. The molecule has 1 amide bonds. The summed E-state index contributed by atoms with van der Waals surface area (Å²) < 4.78 is 24.8. The molecule has 2 aromatic carbocycles. The van der Waals surface area contributed by atoms with Gasteiger partial charge in [0.15, 0.2) is 5.43 Å². The summed E-state index contributed by atoms with van der Waals surface area (Å²) in [5.74, 6) is -0.176. The molecule has 1 aliphatic heterocycles. The van der Waals surface area contributed by atoms with Crippen molar-refractivity contribution < 1.29 is 18.3 Å². The Bertz CT molecular complexity index is 1140. The lowest BCUT2D eigenvalue weighted by Crippen LogP contribution is -2.35. The first kappa shape index (κ1) is 19.1. The van der Waals surface area contributed by atoms with E-state index in [-0.39, 0.29) is 33.6 Å². The fraction of sp³-hybridized carbons (Fsp3) is 0.273. The average molecular weight is 396 g/mol. The van der Waals surface area contributed by atoms with Gasteiger partial charge in [-0.15, -0.1) is 0 Å². The van der Waals surface area contributed by atoms with Crippen molar-refractivity contribution in [2.24, 2.45) is 0 Å². The molecule has 0 fully saturated rings. The zero-order valence-corrected chi connectivity index (χ0v) is 16.4. The summed E-state index contributed by atoms with van der Waals surface area (Å²) >= 11 is 0. The lowest BCUT2D eigenvalue weighted by atomic mass is 9.98. The second-order valence-electron chi connectivity index (χ2n) is 7.29. The van der Waals surface area contributed by atoms with E-state index >= 15 is 0 Å². The molecule has 1 unspecified atom stereocenters. The zero-order chi connectivity index (χ0) is 20.7. The first-order valence-electron chi connectivity index (χ1n) is 9.26. The Balaban J connectivity index is 1.92. The normalized spacial score (nSPS) is 16.0. The van der Waals surface area contributed by atoms with Crippen LogP contribution in [0.1, 0.15) is 27.7 Å². The molecular formula is C22H21FN2O4. The Hall–Kier alpha value is -3.19. The first-order chi connectivity index (χ1) is 13.9. The van der Waals surface area contributed by atoms with Crippen LogP contribution in [0.2, 0.25) is 0 Å². The van der Waals surface area contributed by atoms with Crippen LogP contribution in [0.5, 0.6) is 5.75 Å². The van der Waals surface area contributed by atoms with Crippen LogP contribution in [0.25, 0.3) is 11.0 Å². The lowest BCUT2D eigenvalue weighted by molar-refractivity contribution is 0.0716. The number of nitrogens with zero attached hydrogens (tertiary/aromatic N) is 2. The highest BCUT2D eigenvalue weighted by Crippen LogP contribution is 2.38. The van der Waals surface area contributed by atoms with Crippen molar-refractivity contribution in [2.75, 3.05) is 34.3 Å². The van der Waals surface area contributed by atoms with Crippen molar-refractivity contribution in [3.63, 3.8) is 0 Å². The van der Waals surface area contributed by atoms with Crippen molar-refractivity contribution in [2.45, 2.75) is 6.04 Å². The molecule has 6 nitrogen and oxygen atoms in total. The molecular weight excluding hydrogens is 375 g/mol. The average Bonchev–Trinajstić information content (AvgIpc) is 2.99. The molecule has 0 aliphatic carbocycles. The second-order valence-corrected chi connectivity index (χ2v) is 7.29. The first-order valence-corrected chi connectivity index (χ1v) is 9.26. The van der Waals surface area contributed by atoms with E-state index in [4.69, 9.17) is 9.15 Å². The van der Waals surface area contributed by atoms with E-state index in [0.29, 0.717) is 18.8 Å². The predicted octanol–water partition coefficient (Wildman–Crippen LogP) is 3.05. The van der Waals surface area contributed by atoms with Crippen LogP contribution in [-0.4, -0.2) is 50.0 Å². The van der Waals surface area contributed by atoms with Crippen LogP contribution >= 0.6 is 0 Å². The predicted molar refractivity (Wildman–Crippen MR) is 107 cm³/mol. The van der Waals surface area contributed by atoms with E-state index < -0.39 is 11.9 Å². The molecule has 29 heavy (non-hydrogen) atoms. The molecule has 0 saturated carbocycles. The van der Waals surface area contributed by atoms with E-state index in [1.165, 1.54) is 12.1 Å². The van der Waals surface area contributed by atoms with Gasteiger partial charge in [-0.2, -0.15) is 0 Å². The van der Waals surface area contributed by atoms with Crippen LogP contribution in [0.4, 0.5) is 4.39 Å². The van der Waals surface area contributed by atoms with E-state index in [0.717, 1.165) is 11.6 Å². The Morgan fingerprint density at radius 2 is 1.86 bits per heavy atom. The fourth-order valence-corrected chi connectivity index (χ4v) is 3.66. The van der Waals surface area contributed by atoms with Crippen molar-refractivity contribution in [1.29, 1.82) is 0 Å². The number of ether oxygens (including phenoxy) is 1. The largest absolute Gasteiger partial charge is 0.497 e. The number of carbonyl (C=O) groups is 1. The van der Waals surface area contributed by atoms with Gasteiger partial charge in [0.1, 0.15) is 17.1 Å². The molecule has 1 aromatic heterocycles. The number of hydrogen-bond donors (Lipinski definition) is 0. The van der Waals surface area contributed by atoms with E-state index in [1.54, 1.807) is 24.1 Å². The SMILES string of the molecule is COc1ccc(C2c3c(oc4ccc(F)cc4c3=O)C(=O)N2CCN(C)C)cc1. The Labute approximate surface area is 167 Å². The standard InChI is InChI=1S/C22H21FN2O4/c1-24(2)10-11-25-19(13-4-7-15(28-3)8-5-13)18-20(26)16-12-14(23)6-9-17(16)29-21(18)22(25)27/h4-9,12,19H,10-11H2,1-3H3. The van der Waals surface area contributed by atoms with Crippen molar-refractivity contribution in [3.05, 3.63) is 75.4 Å². The van der Waals surface area contributed by atoms with Gasteiger partial charge >= 0.3 is 0 Å². The minimum absolute atomic E-state index is 0.0219. The third-order valence-electron chi connectivity index (χ3n) is 5.15. The number of rotatable bonds is 5. The molecule has 0 saturated heterocycles. The highest BCUT2D eigenvalue weighted by atomic mass is 19.1. The van der Waals surface area contributed by atoms with Gasteiger partial charge in [-0.25, -0.2) is 4.39 Å². The smallest absolute Gasteiger partial charge is 0.290 e. The Morgan fingerprint density at radius 3 is 2.52 bits per heavy atom. The molecule has 4 rings (SSSR count). The van der Waals surface area contributed by atoms with Crippen molar-refractivity contribution >= 4 is 16.9 Å². The van der Waals surface area contributed by atoms with E-state index in [9.17, 15) is 14.0 Å². The highest BCUT2D eigenvalue weighted by molar-refractivity contribution is 5.99. The van der Waals surface area contributed by atoms with Gasteiger partial charge < -0.3 is 19.0 Å². The number of benzene rings is 2. The van der Waals surface area contributed by atoms with Crippen LogP contribution in [0, 0.1) is 5.82 Å². The van der Waals surface area contributed by atoms with E-state index in [1.807, 2.05) is 31.1 Å². The summed E-state index contributed by atoms with van der Waals surface area (Å²) in [7, 11) is 5.40. The summed E-state index contributed by atoms with van der Waals surface area (Å²) in [6.45, 7) is 1.03. The van der Waals surface area contributed by atoms with Crippen LogP contribution < -0.4 is 10.2 Å². The number of likely N-dealkylation sites (N-methyl/N-ethyl adjacent to an activating group) is 1. The summed E-state index contributed by atoms with van der Waals surface area (Å²) in [6, 6.07) is 10.3. The third-order valence-corrected chi connectivity index (χ3v) is 5.15. The van der Waals surface area contributed by atoms with Crippen molar-refractivity contribution in [1.82, 2.24) is 9.80 Å². The van der Waals surface area contributed by atoms with Gasteiger partial charge in [0.2, 0.25) is 5.76 Å². The maximum absolute atomic E-state index is 13.8. The van der Waals surface area contributed by atoms with Gasteiger partial charge in [-0.1, -0.05) is 12.1 Å². The maximum atomic E-state index is 13.8. The molecule has 0 bridgehead atoms. The molecule has 1 aliphatic rings. The second kappa shape index (κ2) is 7.33. The topological polar surface area (TPSA) is 63.0 Å². The third kappa shape index (κ3) is 3.27. The summed E-state index contributed by atoms with van der Waals surface area (Å²) in [6.07, 6.45) is 0. The monoisotopic (exact) mass is 396 g/mol. The van der Waals surface area contributed by atoms with Crippen molar-refractivity contribution in [3.8, 4) is 5.75 Å². The number of hydrogen-bond acceptors (Lipinski definition) is 5. The molecule has 7 heteroatoms. The number of amides is 1. The number of fused-ring (bicyclic) bond motifs is 2.